The highest BCUT2D eigenvalue weighted by molar-refractivity contribution is 9.10. The molecule has 0 saturated heterocycles. The Labute approximate surface area is 133 Å². The number of hydrogen-bond donors (Lipinski definition) is 3. The quantitative estimate of drug-likeness (QED) is 0.564. The van der Waals surface area contributed by atoms with Crippen LogP contribution in [0.3, 0.4) is 0 Å². The van der Waals surface area contributed by atoms with Crippen molar-refractivity contribution in [3.63, 3.8) is 0 Å². The summed E-state index contributed by atoms with van der Waals surface area (Å²) in [5.41, 5.74) is 3.21. The highest BCUT2D eigenvalue weighted by atomic mass is 79.9. The maximum absolute atomic E-state index is 12.0. The summed E-state index contributed by atoms with van der Waals surface area (Å²) >= 11 is 15.1. The van der Waals surface area contributed by atoms with Gasteiger partial charge in [0.25, 0.3) is 5.91 Å². The van der Waals surface area contributed by atoms with Crippen LogP contribution >= 0.6 is 39.1 Å². The second-order valence-electron chi connectivity index (χ2n) is 3.78. The van der Waals surface area contributed by atoms with Gasteiger partial charge in [-0.05, 0) is 40.2 Å². The summed E-state index contributed by atoms with van der Waals surface area (Å²) in [4.78, 5) is 16.0. The Kier molecular flexibility index (Phi) is 4.82. The lowest BCUT2D eigenvalue weighted by Gasteiger charge is -2.08. The molecule has 1 heterocycles. The van der Waals surface area contributed by atoms with E-state index in [1.54, 1.807) is 18.2 Å². The number of halogens is 3. The van der Waals surface area contributed by atoms with Gasteiger partial charge in [0.15, 0.2) is 5.82 Å². The van der Waals surface area contributed by atoms with Crippen molar-refractivity contribution in [2.24, 2.45) is 5.84 Å². The summed E-state index contributed by atoms with van der Waals surface area (Å²) < 4.78 is 0.750. The van der Waals surface area contributed by atoms with Crippen molar-refractivity contribution < 1.29 is 4.79 Å². The van der Waals surface area contributed by atoms with Crippen molar-refractivity contribution in [3.8, 4) is 0 Å². The molecular weight excluding hydrogens is 367 g/mol. The van der Waals surface area contributed by atoms with Crippen LogP contribution in [0, 0.1) is 0 Å². The van der Waals surface area contributed by atoms with Gasteiger partial charge >= 0.3 is 0 Å². The molecule has 0 radical (unpaired) electrons. The number of pyridine rings is 1. The Bertz CT molecular complexity index is 666. The molecule has 0 aliphatic heterocycles. The third-order valence-corrected chi connectivity index (χ3v) is 3.94. The first-order chi connectivity index (χ1) is 9.51. The normalized spacial score (nSPS) is 10.2. The number of nitrogen functional groups attached to an aromatic ring is 1. The van der Waals surface area contributed by atoms with Crippen LogP contribution in [0.25, 0.3) is 0 Å². The number of benzene rings is 1. The summed E-state index contributed by atoms with van der Waals surface area (Å²) in [7, 11) is 0. The van der Waals surface area contributed by atoms with E-state index in [2.05, 4.69) is 31.7 Å². The van der Waals surface area contributed by atoms with Gasteiger partial charge in [-0.1, -0.05) is 23.2 Å². The van der Waals surface area contributed by atoms with Crippen molar-refractivity contribution in [2.75, 3.05) is 10.7 Å². The molecule has 0 spiro atoms. The summed E-state index contributed by atoms with van der Waals surface area (Å²) in [5, 5.41) is 3.46. The number of rotatable bonds is 3. The third kappa shape index (κ3) is 3.40. The van der Waals surface area contributed by atoms with Crippen LogP contribution in [0.5, 0.6) is 0 Å². The Hall–Kier alpha value is -1.34. The Morgan fingerprint density at radius 1 is 1.25 bits per heavy atom. The zero-order valence-corrected chi connectivity index (χ0v) is 13.1. The van der Waals surface area contributed by atoms with E-state index >= 15 is 0 Å². The Morgan fingerprint density at radius 2 is 2.00 bits per heavy atom. The molecule has 104 valence electrons. The van der Waals surface area contributed by atoms with Gasteiger partial charge in [-0.2, -0.15) is 0 Å². The van der Waals surface area contributed by atoms with E-state index in [4.69, 9.17) is 29.0 Å². The molecule has 5 nitrogen and oxygen atoms in total. The molecule has 0 aliphatic rings. The van der Waals surface area contributed by atoms with Crippen molar-refractivity contribution in [2.45, 2.75) is 0 Å². The monoisotopic (exact) mass is 374 g/mol. The molecule has 4 N–H and O–H groups in total. The smallest absolute Gasteiger partial charge is 0.257 e. The molecule has 0 aliphatic carbocycles. The van der Waals surface area contributed by atoms with E-state index < -0.39 is 0 Å². The fraction of sp³-hybridized carbons (Fsp3) is 0. The predicted octanol–water partition coefficient (Wildman–Crippen LogP) is 3.69. The summed E-state index contributed by atoms with van der Waals surface area (Å²) in [6.07, 6.45) is 1.37. The van der Waals surface area contributed by atoms with Gasteiger partial charge in [-0.25, -0.2) is 10.8 Å². The van der Waals surface area contributed by atoms with Crippen molar-refractivity contribution in [1.82, 2.24) is 4.98 Å². The van der Waals surface area contributed by atoms with E-state index in [0.29, 0.717) is 22.1 Å². The minimum Gasteiger partial charge on any atom is -0.322 e. The van der Waals surface area contributed by atoms with Crippen LogP contribution in [-0.4, -0.2) is 10.9 Å². The molecule has 1 amide bonds. The van der Waals surface area contributed by atoms with Gasteiger partial charge < -0.3 is 10.7 Å². The average molecular weight is 376 g/mol. The summed E-state index contributed by atoms with van der Waals surface area (Å²) in [6, 6.07) is 6.57. The third-order valence-electron chi connectivity index (χ3n) is 2.42. The molecule has 0 unspecified atom stereocenters. The minimum atomic E-state index is -0.346. The number of hydrogen-bond acceptors (Lipinski definition) is 4. The molecule has 8 heteroatoms. The number of anilines is 2. The fourth-order valence-corrected chi connectivity index (χ4v) is 2.09. The highest BCUT2D eigenvalue weighted by Gasteiger charge is 2.10. The molecule has 20 heavy (non-hydrogen) atoms. The van der Waals surface area contributed by atoms with E-state index in [1.165, 1.54) is 12.3 Å². The summed E-state index contributed by atoms with van der Waals surface area (Å²) in [6.45, 7) is 0. The van der Waals surface area contributed by atoms with E-state index in [1.807, 2.05) is 0 Å². The van der Waals surface area contributed by atoms with Gasteiger partial charge in [0, 0.05) is 16.4 Å². The van der Waals surface area contributed by atoms with Crippen LogP contribution < -0.4 is 16.6 Å². The highest BCUT2D eigenvalue weighted by Crippen LogP contribution is 2.26. The predicted molar refractivity (Wildman–Crippen MR) is 84.2 cm³/mol. The van der Waals surface area contributed by atoms with Crippen molar-refractivity contribution in [3.05, 3.63) is 50.5 Å². The first kappa shape index (κ1) is 15.1. The van der Waals surface area contributed by atoms with Crippen LogP contribution in [0.2, 0.25) is 10.0 Å². The maximum atomic E-state index is 12.0. The fourth-order valence-electron chi connectivity index (χ4n) is 1.45. The zero-order chi connectivity index (χ0) is 14.7. The number of nitrogens with one attached hydrogen (secondary N) is 2. The molecule has 0 atom stereocenters. The van der Waals surface area contributed by atoms with Crippen LogP contribution in [-0.2, 0) is 0 Å². The molecule has 0 saturated carbocycles. The van der Waals surface area contributed by atoms with Gasteiger partial charge in [-0.3, -0.25) is 4.79 Å². The number of hydrazine groups is 1. The molecule has 2 rings (SSSR count). The van der Waals surface area contributed by atoms with Crippen molar-refractivity contribution >= 4 is 56.5 Å². The van der Waals surface area contributed by atoms with Crippen molar-refractivity contribution in [1.29, 1.82) is 0 Å². The number of nitrogens with zero attached hydrogens (tertiary/aromatic N) is 1. The topological polar surface area (TPSA) is 80.0 Å². The largest absolute Gasteiger partial charge is 0.322 e. The molecule has 0 bridgehead atoms. The van der Waals surface area contributed by atoms with E-state index in [-0.39, 0.29) is 10.9 Å². The lowest BCUT2D eigenvalue weighted by atomic mass is 10.2. The van der Waals surface area contributed by atoms with E-state index in [9.17, 15) is 4.79 Å². The van der Waals surface area contributed by atoms with E-state index in [0.717, 1.165) is 4.47 Å². The first-order valence-electron chi connectivity index (χ1n) is 5.40. The minimum absolute atomic E-state index is 0.258. The molecule has 2 aromatic rings. The zero-order valence-electron chi connectivity index (χ0n) is 9.95. The SMILES string of the molecule is NNc1ncc(C(=O)Nc2ccc(Br)c(Cl)c2)cc1Cl. The van der Waals surface area contributed by atoms with Gasteiger partial charge in [0.2, 0.25) is 0 Å². The lowest BCUT2D eigenvalue weighted by molar-refractivity contribution is 0.102. The average Bonchev–Trinajstić information content (AvgIpc) is 2.42. The van der Waals surface area contributed by atoms with Crippen LogP contribution in [0.4, 0.5) is 11.5 Å². The van der Waals surface area contributed by atoms with Gasteiger partial charge in [-0.15, -0.1) is 0 Å². The van der Waals surface area contributed by atoms with Crippen LogP contribution in [0.15, 0.2) is 34.9 Å². The van der Waals surface area contributed by atoms with Gasteiger partial charge in [0.05, 0.1) is 15.6 Å². The van der Waals surface area contributed by atoms with Crippen LogP contribution in [0.1, 0.15) is 10.4 Å². The number of nitrogens with two attached hydrogens (primary N) is 1. The molecule has 1 aromatic heterocycles. The first-order valence-corrected chi connectivity index (χ1v) is 6.94. The molecule has 0 fully saturated rings. The number of carbonyl (C=O) groups is 1. The second-order valence-corrected chi connectivity index (χ2v) is 5.45. The number of aromatic nitrogens is 1. The number of carbonyl (C=O) groups excluding carboxylic acids is 1. The lowest BCUT2D eigenvalue weighted by Crippen LogP contribution is -2.14. The standard InChI is InChI=1S/C12H9BrCl2N4O/c13-8-2-1-7(4-9(8)14)18-12(20)6-3-10(15)11(19-16)17-5-6/h1-5H,16H2,(H,17,19)(H,18,20). The Balaban J connectivity index is 2.19. The molecular formula is C12H9BrCl2N4O. The Morgan fingerprint density at radius 3 is 2.60 bits per heavy atom. The number of amides is 1. The maximum Gasteiger partial charge on any atom is 0.257 e. The summed E-state index contributed by atoms with van der Waals surface area (Å²) in [5.74, 6) is 5.17. The van der Waals surface area contributed by atoms with Gasteiger partial charge in [0.1, 0.15) is 0 Å². The molecule has 1 aromatic carbocycles. The second kappa shape index (κ2) is 6.41.